The van der Waals surface area contributed by atoms with Crippen LogP contribution in [0.2, 0.25) is 0 Å². The van der Waals surface area contributed by atoms with E-state index in [2.05, 4.69) is 22.8 Å². The van der Waals surface area contributed by atoms with E-state index < -0.39 is 0 Å². The molecule has 0 unspecified atom stereocenters. The van der Waals surface area contributed by atoms with Gasteiger partial charge in [-0.1, -0.05) is 30.3 Å². The monoisotopic (exact) mass is 268 g/mol. The molecule has 5 heteroatoms. The molecule has 0 fully saturated rings. The van der Waals surface area contributed by atoms with Crippen molar-refractivity contribution in [3.63, 3.8) is 0 Å². The number of anilines is 1. The second-order valence-electron chi connectivity index (χ2n) is 4.14. The summed E-state index contributed by atoms with van der Waals surface area (Å²) in [5.41, 5.74) is 9.67. The molecule has 0 bridgehead atoms. The summed E-state index contributed by atoms with van der Waals surface area (Å²) in [5.74, 6) is 0. The summed E-state index contributed by atoms with van der Waals surface area (Å²) < 4.78 is 1.83. The molecule has 1 aromatic heterocycles. The summed E-state index contributed by atoms with van der Waals surface area (Å²) in [6.07, 6.45) is 1.65. The van der Waals surface area contributed by atoms with Crippen molar-refractivity contribution in [2.45, 2.75) is 5.16 Å². The molecule has 0 saturated heterocycles. The van der Waals surface area contributed by atoms with Crippen LogP contribution in [0.3, 0.4) is 0 Å². The van der Waals surface area contributed by atoms with Crippen LogP contribution in [0, 0.1) is 0 Å². The van der Waals surface area contributed by atoms with Crippen molar-refractivity contribution in [3.05, 3.63) is 54.9 Å². The van der Waals surface area contributed by atoms with Gasteiger partial charge in [-0.05, 0) is 23.8 Å². The van der Waals surface area contributed by atoms with E-state index in [0.29, 0.717) is 5.16 Å². The fourth-order valence-corrected chi connectivity index (χ4v) is 2.24. The van der Waals surface area contributed by atoms with Gasteiger partial charge < -0.3 is 5.73 Å². The average molecular weight is 268 g/mol. The lowest BCUT2D eigenvalue weighted by molar-refractivity contribution is 0.891. The van der Waals surface area contributed by atoms with Crippen LogP contribution in [-0.4, -0.2) is 14.8 Å². The zero-order chi connectivity index (χ0) is 13.2. The Bertz CT molecular complexity index is 721. The van der Waals surface area contributed by atoms with Gasteiger partial charge in [0.1, 0.15) is 6.33 Å². The van der Waals surface area contributed by atoms with E-state index in [-0.39, 0.29) is 0 Å². The molecular formula is C14H12N4S. The maximum Gasteiger partial charge on any atom is 0.192 e. The Balaban J connectivity index is 2.21. The predicted molar refractivity (Wildman–Crippen MR) is 78.5 cm³/mol. The van der Waals surface area contributed by atoms with Crippen LogP contribution in [0.4, 0.5) is 5.69 Å². The molecule has 0 aliphatic heterocycles. The highest BCUT2D eigenvalue weighted by molar-refractivity contribution is 7.80. The fourth-order valence-electron chi connectivity index (χ4n) is 2.03. The second kappa shape index (κ2) is 4.78. The van der Waals surface area contributed by atoms with Crippen LogP contribution in [-0.2, 0) is 0 Å². The maximum atomic E-state index is 5.85. The van der Waals surface area contributed by atoms with Crippen molar-refractivity contribution in [2.24, 2.45) is 0 Å². The fraction of sp³-hybridized carbons (Fsp3) is 0. The highest BCUT2D eigenvalue weighted by Crippen LogP contribution is 2.28. The lowest BCUT2D eigenvalue weighted by Gasteiger charge is -2.11. The van der Waals surface area contributed by atoms with Crippen LogP contribution in [0.15, 0.2) is 60.0 Å². The van der Waals surface area contributed by atoms with Crippen molar-refractivity contribution in [2.75, 3.05) is 5.73 Å². The Labute approximate surface area is 116 Å². The number of aromatic nitrogens is 3. The highest BCUT2D eigenvalue weighted by atomic mass is 32.1. The van der Waals surface area contributed by atoms with Crippen LogP contribution in [0.1, 0.15) is 0 Å². The molecule has 2 aromatic carbocycles. The van der Waals surface area contributed by atoms with Crippen LogP contribution in [0.5, 0.6) is 0 Å². The van der Waals surface area contributed by atoms with Gasteiger partial charge in [-0.15, -0.1) is 22.8 Å². The van der Waals surface area contributed by atoms with Gasteiger partial charge in [0.2, 0.25) is 0 Å². The Morgan fingerprint density at radius 3 is 2.63 bits per heavy atom. The normalized spacial score (nSPS) is 10.6. The van der Waals surface area contributed by atoms with Crippen molar-refractivity contribution in [1.29, 1.82) is 0 Å². The van der Waals surface area contributed by atoms with E-state index in [1.807, 2.05) is 53.1 Å². The van der Waals surface area contributed by atoms with Gasteiger partial charge in [0, 0.05) is 11.3 Å². The van der Waals surface area contributed by atoms with E-state index in [4.69, 9.17) is 5.73 Å². The lowest BCUT2D eigenvalue weighted by Crippen LogP contribution is -1.96. The van der Waals surface area contributed by atoms with Gasteiger partial charge in [0.05, 0.1) is 5.69 Å². The zero-order valence-electron chi connectivity index (χ0n) is 10.1. The molecule has 3 rings (SSSR count). The largest absolute Gasteiger partial charge is 0.399 e. The molecule has 0 radical (unpaired) electrons. The highest BCUT2D eigenvalue weighted by Gasteiger charge is 2.09. The van der Waals surface area contributed by atoms with E-state index >= 15 is 0 Å². The maximum absolute atomic E-state index is 5.85. The lowest BCUT2D eigenvalue weighted by atomic mass is 10.0. The van der Waals surface area contributed by atoms with Crippen molar-refractivity contribution < 1.29 is 0 Å². The summed E-state index contributed by atoms with van der Waals surface area (Å²) in [6, 6.07) is 15.8. The standard InChI is InChI=1S/C14H12N4S/c15-11-5-3-4-10(8-11)12-6-1-2-7-13(12)18-9-16-17-14(18)19/h1-9H,15H2,(H,17,19). The minimum Gasteiger partial charge on any atom is -0.399 e. The minimum atomic E-state index is 0.552. The summed E-state index contributed by atoms with van der Waals surface area (Å²) in [4.78, 5) is 0. The SMILES string of the molecule is Nc1cccc(-c2ccccc2-n2cnnc2S)c1. The average Bonchev–Trinajstić information content (AvgIpc) is 2.85. The van der Waals surface area contributed by atoms with Gasteiger partial charge in [-0.25, -0.2) is 0 Å². The second-order valence-corrected chi connectivity index (χ2v) is 4.54. The summed E-state index contributed by atoms with van der Waals surface area (Å²) in [5, 5.41) is 8.31. The van der Waals surface area contributed by atoms with Gasteiger partial charge in [-0.3, -0.25) is 4.57 Å². The number of para-hydroxylation sites is 1. The number of hydrogen-bond acceptors (Lipinski definition) is 4. The molecule has 0 atom stereocenters. The van der Waals surface area contributed by atoms with Gasteiger partial charge >= 0.3 is 0 Å². The predicted octanol–water partition coefficient (Wildman–Crippen LogP) is 2.81. The Kier molecular flexibility index (Phi) is 2.97. The number of nitrogens with zero attached hydrogens (tertiary/aromatic N) is 3. The molecule has 0 aliphatic rings. The molecule has 3 aromatic rings. The molecule has 1 heterocycles. The third kappa shape index (κ3) is 2.20. The van der Waals surface area contributed by atoms with Gasteiger partial charge in [-0.2, -0.15) is 0 Å². The summed E-state index contributed by atoms with van der Waals surface area (Å²) in [7, 11) is 0. The van der Waals surface area contributed by atoms with Crippen LogP contribution >= 0.6 is 12.6 Å². The number of rotatable bonds is 2. The number of benzene rings is 2. The van der Waals surface area contributed by atoms with Crippen molar-refractivity contribution in [3.8, 4) is 16.8 Å². The first-order valence-corrected chi connectivity index (χ1v) is 6.25. The molecule has 2 N–H and O–H groups in total. The molecule has 0 amide bonds. The van der Waals surface area contributed by atoms with Crippen LogP contribution in [0.25, 0.3) is 16.8 Å². The molecule has 94 valence electrons. The molecular weight excluding hydrogens is 256 g/mol. The van der Waals surface area contributed by atoms with Crippen molar-refractivity contribution >= 4 is 18.3 Å². The Morgan fingerprint density at radius 2 is 1.89 bits per heavy atom. The molecule has 0 spiro atoms. The zero-order valence-corrected chi connectivity index (χ0v) is 11.0. The number of thiol groups is 1. The summed E-state index contributed by atoms with van der Waals surface area (Å²) >= 11 is 4.31. The number of nitrogens with two attached hydrogens (primary N) is 1. The van der Waals surface area contributed by atoms with Crippen LogP contribution < -0.4 is 5.73 Å². The number of hydrogen-bond donors (Lipinski definition) is 2. The van der Waals surface area contributed by atoms with Crippen molar-refractivity contribution in [1.82, 2.24) is 14.8 Å². The van der Waals surface area contributed by atoms with E-state index in [1.165, 1.54) is 0 Å². The quantitative estimate of drug-likeness (QED) is 0.555. The topological polar surface area (TPSA) is 56.7 Å². The third-order valence-electron chi connectivity index (χ3n) is 2.89. The van der Waals surface area contributed by atoms with E-state index in [0.717, 1.165) is 22.5 Å². The smallest absolute Gasteiger partial charge is 0.192 e. The number of nitrogen functional groups attached to an aromatic ring is 1. The van der Waals surface area contributed by atoms with E-state index in [9.17, 15) is 0 Å². The van der Waals surface area contributed by atoms with Gasteiger partial charge in [0.15, 0.2) is 5.16 Å². The Hall–Kier alpha value is -2.27. The minimum absolute atomic E-state index is 0.552. The Morgan fingerprint density at radius 1 is 1.05 bits per heavy atom. The molecule has 19 heavy (non-hydrogen) atoms. The van der Waals surface area contributed by atoms with E-state index in [1.54, 1.807) is 6.33 Å². The van der Waals surface area contributed by atoms with Gasteiger partial charge in [0.25, 0.3) is 0 Å². The molecule has 0 saturated carbocycles. The first-order chi connectivity index (χ1) is 9.25. The third-order valence-corrected chi connectivity index (χ3v) is 3.20. The molecule has 0 aliphatic carbocycles. The summed E-state index contributed by atoms with van der Waals surface area (Å²) in [6.45, 7) is 0. The first-order valence-electron chi connectivity index (χ1n) is 5.80. The first kappa shape index (κ1) is 11.8. The molecule has 4 nitrogen and oxygen atoms in total.